The summed E-state index contributed by atoms with van der Waals surface area (Å²) in [5.74, 6) is 0.112. The van der Waals surface area contributed by atoms with Crippen molar-refractivity contribution in [2.45, 2.75) is 53.1 Å². The van der Waals surface area contributed by atoms with Crippen molar-refractivity contribution in [1.82, 2.24) is 20.0 Å². The Labute approximate surface area is 139 Å². The number of carbonyl (C=O) groups is 1. The molecule has 0 bridgehead atoms. The summed E-state index contributed by atoms with van der Waals surface area (Å²) in [6, 6.07) is 0.263. The number of morpholine rings is 1. The maximum Gasteiger partial charge on any atom is 0.221 e. The maximum atomic E-state index is 12.1. The van der Waals surface area contributed by atoms with Crippen molar-refractivity contribution in [3.63, 3.8) is 0 Å². The molecule has 6 nitrogen and oxygen atoms in total. The minimum Gasteiger partial charge on any atom is -0.379 e. The second kappa shape index (κ2) is 8.45. The van der Waals surface area contributed by atoms with E-state index in [-0.39, 0.29) is 11.9 Å². The zero-order valence-corrected chi connectivity index (χ0v) is 14.9. The monoisotopic (exact) mass is 322 g/mol. The third-order valence-corrected chi connectivity index (χ3v) is 4.68. The van der Waals surface area contributed by atoms with Crippen LogP contribution < -0.4 is 5.32 Å². The fourth-order valence-electron chi connectivity index (χ4n) is 3.25. The van der Waals surface area contributed by atoms with E-state index in [1.54, 1.807) is 0 Å². The highest BCUT2D eigenvalue weighted by Gasteiger charge is 2.19. The summed E-state index contributed by atoms with van der Waals surface area (Å²) in [5.41, 5.74) is 3.62. The minimum atomic E-state index is 0.112. The van der Waals surface area contributed by atoms with Crippen LogP contribution in [-0.4, -0.2) is 59.5 Å². The zero-order chi connectivity index (χ0) is 16.8. The Hall–Kier alpha value is -1.40. The highest BCUT2D eigenvalue weighted by Crippen LogP contribution is 2.13. The summed E-state index contributed by atoms with van der Waals surface area (Å²) < 4.78 is 7.35. The zero-order valence-electron chi connectivity index (χ0n) is 14.9. The molecule has 1 amide bonds. The van der Waals surface area contributed by atoms with Crippen LogP contribution in [0.4, 0.5) is 0 Å². The van der Waals surface area contributed by atoms with Crippen LogP contribution in [0.2, 0.25) is 0 Å². The number of aromatic nitrogens is 2. The van der Waals surface area contributed by atoms with E-state index < -0.39 is 0 Å². The number of nitrogens with one attached hydrogen (secondary N) is 1. The van der Waals surface area contributed by atoms with Crippen molar-refractivity contribution in [3.8, 4) is 0 Å². The molecule has 130 valence electrons. The Morgan fingerprint density at radius 2 is 2.04 bits per heavy atom. The SMILES string of the molecule is CCc1c(C)nn(CCNC(=O)CC(C)N2CCOCC2)c1C. The molecule has 6 heteroatoms. The molecule has 0 saturated carbocycles. The van der Waals surface area contributed by atoms with Crippen molar-refractivity contribution in [2.75, 3.05) is 32.8 Å². The van der Waals surface area contributed by atoms with Gasteiger partial charge in [0.05, 0.1) is 25.5 Å². The van der Waals surface area contributed by atoms with Crippen molar-refractivity contribution >= 4 is 5.91 Å². The van der Waals surface area contributed by atoms with Gasteiger partial charge in [-0.1, -0.05) is 6.92 Å². The number of hydrogen-bond acceptors (Lipinski definition) is 4. The van der Waals surface area contributed by atoms with Crippen LogP contribution in [0.25, 0.3) is 0 Å². The van der Waals surface area contributed by atoms with Gasteiger partial charge in [-0.2, -0.15) is 5.10 Å². The molecule has 0 radical (unpaired) electrons. The maximum absolute atomic E-state index is 12.1. The van der Waals surface area contributed by atoms with Crippen molar-refractivity contribution in [1.29, 1.82) is 0 Å². The average molecular weight is 322 g/mol. The summed E-state index contributed by atoms with van der Waals surface area (Å²) in [5, 5.41) is 7.57. The molecule has 1 unspecified atom stereocenters. The van der Waals surface area contributed by atoms with Gasteiger partial charge in [0.2, 0.25) is 5.91 Å². The Morgan fingerprint density at radius 3 is 2.65 bits per heavy atom. The molecule has 1 aromatic heterocycles. The van der Waals surface area contributed by atoms with Crippen molar-refractivity contribution in [3.05, 3.63) is 17.0 Å². The molecule has 2 heterocycles. The van der Waals surface area contributed by atoms with Gasteiger partial charge in [0.1, 0.15) is 0 Å². The molecule has 2 rings (SSSR count). The van der Waals surface area contributed by atoms with Crippen molar-refractivity contribution in [2.24, 2.45) is 0 Å². The van der Waals surface area contributed by atoms with E-state index in [0.29, 0.717) is 13.0 Å². The van der Waals surface area contributed by atoms with Crippen LogP contribution in [0.15, 0.2) is 0 Å². The quantitative estimate of drug-likeness (QED) is 0.822. The van der Waals surface area contributed by atoms with E-state index in [1.807, 2.05) is 11.6 Å². The van der Waals surface area contributed by atoms with E-state index in [9.17, 15) is 4.79 Å². The fourth-order valence-corrected chi connectivity index (χ4v) is 3.25. The molecule has 0 spiro atoms. The molecule has 1 aromatic rings. The molecule has 1 aliphatic rings. The minimum absolute atomic E-state index is 0.112. The van der Waals surface area contributed by atoms with Crippen LogP contribution in [0.1, 0.15) is 37.2 Å². The van der Waals surface area contributed by atoms with Gasteiger partial charge in [0, 0.05) is 37.8 Å². The average Bonchev–Trinajstić information content (AvgIpc) is 2.81. The first-order valence-electron chi connectivity index (χ1n) is 8.64. The third kappa shape index (κ3) is 4.78. The summed E-state index contributed by atoms with van der Waals surface area (Å²) in [6.45, 7) is 13.1. The molecule has 1 fully saturated rings. The molecule has 0 aromatic carbocycles. The number of nitrogens with zero attached hydrogens (tertiary/aromatic N) is 3. The lowest BCUT2D eigenvalue weighted by molar-refractivity contribution is -0.122. The van der Waals surface area contributed by atoms with Crippen LogP contribution in [0, 0.1) is 13.8 Å². The standard InChI is InChI=1S/C17H30N4O2/c1-5-16-14(3)19-21(15(16)4)7-6-18-17(22)12-13(2)20-8-10-23-11-9-20/h13H,5-12H2,1-4H3,(H,18,22). The van der Waals surface area contributed by atoms with E-state index >= 15 is 0 Å². The number of hydrogen-bond donors (Lipinski definition) is 1. The number of amides is 1. The summed E-state index contributed by atoms with van der Waals surface area (Å²) in [4.78, 5) is 14.4. The van der Waals surface area contributed by atoms with Gasteiger partial charge in [-0.05, 0) is 32.8 Å². The van der Waals surface area contributed by atoms with Crippen LogP contribution in [0.3, 0.4) is 0 Å². The van der Waals surface area contributed by atoms with Crippen LogP contribution in [0.5, 0.6) is 0 Å². The molecule has 1 saturated heterocycles. The first-order valence-corrected chi connectivity index (χ1v) is 8.64. The van der Waals surface area contributed by atoms with E-state index in [1.165, 1.54) is 11.3 Å². The molecule has 23 heavy (non-hydrogen) atoms. The molecule has 1 aliphatic heterocycles. The summed E-state index contributed by atoms with van der Waals surface area (Å²) in [6.07, 6.45) is 1.54. The lowest BCUT2D eigenvalue weighted by Gasteiger charge is -2.31. The molecular weight excluding hydrogens is 292 g/mol. The Kier molecular flexibility index (Phi) is 6.59. The van der Waals surface area contributed by atoms with E-state index in [2.05, 4.69) is 36.1 Å². The number of carbonyl (C=O) groups excluding carboxylic acids is 1. The van der Waals surface area contributed by atoms with Crippen molar-refractivity contribution < 1.29 is 9.53 Å². The molecule has 0 aliphatic carbocycles. The number of aryl methyl sites for hydroxylation is 1. The predicted octanol–water partition coefficient (Wildman–Crippen LogP) is 1.29. The van der Waals surface area contributed by atoms with Gasteiger partial charge in [-0.25, -0.2) is 0 Å². The normalized spacial score (nSPS) is 17.2. The second-order valence-corrected chi connectivity index (χ2v) is 6.28. The first kappa shape index (κ1) is 17.9. The highest BCUT2D eigenvalue weighted by atomic mass is 16.5. The Balaban J connectivity index is 1.74. The topological polar surface area (TPSA) is 59.4 Å². The Bertz CT molecular complexity index is 521. The highest BCUT2D eigenvalue weighted by molar-refractivity contribution is 5.76. The second-order valence-electron chi connectivity index (χ2n) is 6.28. The molecule has 1 atom stereocenters. The molecule has 1 N–H and O–H groups in total. The van der Waals surface area contributed by atoms with Gasteiger partial charge < -0.3 is 10.1 Å². The lowest BCUT2D eigenvalue weighted by Crippen LogP contribution is -2.44. The van der Waals surface area contributed by atoms with E-state index in [4.69, 9.17) is 4.74 Å². The number of ether oxygens (including phenoxy) is 1. The molecular formula is C17H30N4O2. The lowest BCUT2D eigenvalue weighted by atomic mass is 10.1. The van der Waals surface area contributed by atoms with Crippen LogP contribution in [-0.2, 0) is 22.5 Å². The summed E-state index contributed by atoms with van der Waals surface area (Å²) >= 11 is 0. The van der Waals surface area contributed by atoms with Gasteiger partial charge in [-0.3, -0.25) is 14.4 Å². The fraction of sp³-hybridized carbons (Fsp3) is 0.765. The van der Waals surface area contributed by atoms with Crippen LogP contribution >= 0.6 is 0 Å². The first-order chi connectivity index (χ1) is 11.0. The van der Waals surface area contributed by atoms with Gasteiger partial charge in [-0.15, -0.1) is 0 Å². The van der Waals surface area contributed by atoms with Gasteiger partial charge in [0.15, 0.2) is 0 Å². The van der Waals surface area contributed by atoms with Gasteiger partial charge in [0.25, 0.3) is 0 Å². The predicted molar refractivity (Wildman–Crippen MR) is 90.6 cm³/mol. The Morgan fingerprint density at radius 1 is 1.35 bits per heavy atom. The third-order valence-electron chi connectivity index (χ3n) is 4.68. The smallest absolute Gasteiger partial charge is 0.221 e. The largest absolute Gasteiger partial charge is 0.379 e. The van der Waals surface area contributed by atoms with E-state index in [0.717, 1.165) is 45.0 Å². The number of rotatable bonds is 7. The van der Waals surface area contributed by atoms with Gasteiger partial charge >= 0.3 is 0 Å². The summed E-state index contributed by atoms with van der Waals surface area (Å²) in [7, 11) is 0.